The van der Waals surface area contributed by atoms with Crippen molar-refractivity contribution >= 4 is 34.8 Å². The number of hydrogen-bond acceptors (Lipinski definition) is 1. The Labute approximate surface area is 125 Å². The summed E-state index contributed by atoms with van der Waals surface area (Å²) in [6.07, 6.45) is 0. The first-order valence-electron chi connectivity index (χ1n) is 5.52. The van der Waals surface area contributed by atoms with Crippen LogP contribution < -0.4 is 4.74 Å². The second-order valence-electron chi connectivity index (χ2n) is 3.90. The Morgan fingerprint density at radius 2 is 1.84 bits per heavy atom. The lowest BCUT2D eigenvalue weighted by Crippen LogP contribution is -1.99. The minimum absolute atomic E-state index is 0.0618. The van der Waals surface area contributed by atoms with Crippen molar-refractivity contribution in [1.29, 1.82) is 0 Å². The summed E-state index contributed by atoms with van der Waals surface area (Å²) in [4.78, 5) is 0. The maximum atomic E-state index is 13.7. The average molecular weight is 320 g/mol. The number of ether oxygens (including phenoxy) is 1. The molecule has 0 aliphatic heterocycles. The first-order chi connectivity index (χ1) is 9.11. The second kappa shape index (κ2) is 6.47. The predicted octanol–water partition coefficient (Wildman–Crippen LogP) is 5.45. The highest BCUT2D eigenvalue weighted by molar-refractivity contribution is 6.32. The molecular weight excluding hydrogens is 310 g/mol. The maximum absolute atomic E-state index is 13.7. The lowest BCUT2D eigenvalue weighted by atomic mass is 10.2. The summed E-state index contributed by atoms with van der Waals surface area (Å²) in [7, 11) is 0. The van der Waals surface area contributed by atoms with Crippen molar-refractivity contribution in [3.8, 4) is 5.75 Å². The van der Waals surface area contributed by atoms with Crippen molar-refractivity contribution in [2.75, 3.05) is 0 Å². The molecule has 0 fully saturated rings. The Hall–Kier alpha value is -0.960. The smallest absolute Gasteiger partial charge is 0.148 e. The van der Waals surface area contributed by atoms with Crippen LogP contribution in [0.5, 0.6) is 5.75 Å². The van der Waals surface area contributed by atoms with Gasteiger partial charge in [0.05, 0.1) is 10.0 Å². The van der Waals surface area contributed by atoms with Crippen LogP contribution in [0.3, 0.4) is 0 Å². The molecule has 0 aliphatic carbocycles. The van der Waals surface area contributed by atoms with Gasteiger partial charge in [-0.05, 0) is 23.8 Å². The standard InChI is InChI=1S/C14H10Cl3FO/c15-7-9-4-5-13(12(17)6-9)19-8-10-2-1-3-11(16)14(10)18/h1-6H,7-8H2. The summed E-state index contributed by atoms with van der Waals surface area (Å²) in [5, 5.41) is 0.519. The van der Waals surface area contributed by atoms with Crippen LogP contribution in [0.15, 0.2) is 36.4 Å². The molecule has 19 heavy (non-hydrogen) atoms. The zero-order valence-corrected chi connectivity index (χ0v) is 12.1. The summed E-state index contributed by atoms with van der Waals surface area (Å²) >= 11 is 17.4. The highest BCUT2D eigenvalue weighted by atomic mass is 35.5. The third-order valence-corrected chi connectivity index (χ3v) is 3.46. The molecule has 1 nitrogen and oxygen atoms in total. The highest BCUT2D eigenvalue weighted by Gasteiger charge is 2.08. The minimum Gasteiger partial charge on any atom is -0.487 e. The van der Waals surface area contributed by atoms with Gasteiger partial charge in [-0.1, -0.05) is 41.4 Å². The number of benzene rings is 2. The largest absolute Gasteiger partial charge is 0.487 e. The lowest BCUT2D eigenvalue weighted by molar-refractivity contribution is 0.300. The van der Waals surface area contributed by atoms with Crippen molar-refractivity contribution in [3.05, 3.63) is 63.4 Å². The van der Waals surface area contributed by atoms with E-state index in [1.807, 2.05) is 6.07 Å². The van der Waals surface area contributed by atoms with Crippen LogP contribution in [0.1, 0.15) is 11.1 Å². The van der Waals surface area contributed by atoms with Crippen LogP contribution in [-0.4, -0.2) is 0 Å². The van der Waals surface area contributed by atoms with Gasteiger partial charge >= 0.3 is 0 Å². The van der Waals surface area contributed by atoms with E-state index in [1.165, 1.54) is 6.07 Å². The molecule has 2 aromatic carbocycles. The van der Waals surface area contributed by atoms with Gasteiger partial charge in [0.1, 0.15) is 18.2 Å². The van der Waals surface area contributed by atoms with Gasteiger partial charge in [0.25, 0.3) is 0 Å². The fourth-order valence-electron chi connectivity index (χ4n) is 1.56. The maximum Gasteiger partial charge on any atom is 0.148 e. The number of rotatable bonds is 4. The molecular formula is C14H10Cl3FO. The molecule has 0 saturated heterocycles. The molecule has 0 radical (unpaired) electrons. The van der Waals surface area contributed by atoms with Crippen molar-refractivity contribution < 1.29 is 9.13 Å². The molecule has 2 rings (SSSR count). The van der Waals surface area contributed by atoms with Gasteiger partial charge in [-0.15, -0.1) is 11.6 Å². The van der Waals surface area contributed by atoms with Crippen molar-refractivity contribution in [1.82, 2.24) is 0 Å². The van der Waals surface area contributed by atoms with Gasteiger partial charge in [-0.25, -0.2) is 4.39 Å². The van der Waals surface area contributed by atoms with Gasteiger partial charge in [0.15, 0.2) is 0 Å². The van der Waals surface area contributed by atoms with E-state index in [1.54, 1.807) is 24.3 Å². The molecule has 0 saturated carbocycles. The molecule has 0 bridgehead atoms. The van der Waals surface area contributed by atoms with Gasteiger partial charge in [-0.2, -0.15) is 0 Å². The Balaban J connectivity index is 2.12. The SMILES string of the molecule is Fc1c(Cl)cccc1COc1ccc(CCl)cc1Cl. The normalized spacial score (nSPS) is 10.5. The van der Waals surface area contributed by atoms with E-state index in [9.17, 15) is 4.39 Å². The van der Waals surface area contributed by atoms with Gasteiger partial charge in [0.2, 0.25) is 0 Å². The zero-order valence-electron chi connectivity index (χ0n) is 9.80. The number of hydrogen-bond donors (Lipinski definition) is 0. The van der Waals surface area contributed by atoms with Gasteiger partial charge in [-0.3, -0.25) is 0 Å². The topological polar surface area (TPSA) is 9.23 Å². The summed E-state index contributed by atoms with van der Waals surface area (Å²) in [5.74, 6) is 0.385. The van der Waals surface area contributed by atoms with E-state index in [2.05, 4.69) is 0 Å². The Bertz CT molecular complexity index is 587. The van der Waals surface area contributed by atoms with Crippen LogP contribution >= 0.6 is 34.8 Å². The Morgan fingerprint density at radius 1 is 1.05 bits per heavy atom. The second-order valence-corrected chi connectivity index (χ2v) is 4.98. The number of halogens is 4. The van der Waals surface area contributed by atoms with Crippen LogP contribution in [0, 0.1) is 5.82 Å². The molecule has 0 aromatic heterocycles. The molecule has 0 atom stereocenters. The van der Waals surface area contributed by atoms with Crippen molar-refractivity contribution in [2.24, 2.45) is 0 Å². The summed E-state index contributed by atoms with van der Waals surface area (Å²) < 4.78 is 19.1. The van der Waals surface area contributed by atoms with Crippen LogP contribution in [0.4, 0.5) is 4.39 Å². The third-order valence-electron chi connectivity index (χ3n) is 2.57. The van der Waals surface area contributed by atoms with E-state index in [0.717, 1.165) is 5.56 Å². The average Bonchev–Trinajstić information content (AvgIpc) is 2.41. The molecule has 2 aromatic rings. The molecule has 100 valence electrons. The van der Waals surface area contributed by atoms with E-state index in [-0.39, 0.29) is 11.6 Å². The van der Waals surface area contributed by atoms with E-state index in [0.29, 0.717) is 22.2 Å². The van der Waals surface area contributed by atoms with Crippen molar-refractivity contribution in [3.63, 3.8) is 0 Å². The first kappa shape index (κ1) is 14.4. The molecule has 0 N–H and O–H groups in total. The quantitative estimate of drug-likeness (QED) is 0.681. The monoisotopic (exact) mass is 318 g/mol. The minimum atomic E-state index is -0.474. The van der Waals surface area contributed by atoms with E-state index < -0.39 is 5.82 Å². The van der Waals surface area contributed by atoms with Crippen LogP contribution in [-0.2, 0) is 12.5 Å². The van der Waals surface area contributed by atoms with Crippen molar-refractivity contribution in [2.45, 2.75) is 12.5 Å². The molecule has 0 unspecified atom stereocenters. The number of alkyl halides is 1. The Morgan fingerprint density at radius 3 is 2.53 bits per heavy atom. The van der Waals surface area contributed by atoms with Crippen LogP contribution in [0.2, 0.25) is 10.0 Å². The predicted molar refractivity (Wildman–Crippen MR) is 76.8 cm³/mol. The molecule has 0 spiro atoms. The summed E-state index contributed by atoms with van der Waals surface area (Å²) in [5.41, 5.74) is 1.28. The van der Waals surface area contributed by atoms with Crippen LogP contribution in [0.25, 0.3) is 0 Å². The summed E-state index contributed by atoms with van der Waals surface area (Å²) in [6.45, 7) is 0.0618. The molecule has 0 heterocycles. The summed E-state index contributed by atoms with van der Waals surface area (Å²) in [6, 6.07) is 10.0. The fraction of sp³-hybridized carbons (Fsp3) is 0.143. The molecule has 5 heteroatoms. The van der Waals surface area contributed by atoms with E-state index >= 15 is 0 Å². The first-order valence-corrected chi connectivity index (χ1v) is 6.81. The molecule has 0 amide bonds. The fourth-order valence-corrected chi connectivity index (χ4v) is 2.18. The molecule has 0 aliphatic rings. The third kappa shape index (κ3) is 3.53. The van der Waals surface area contributed by atoms with Gasteiger partial charge in [0, 0.05) is 11.4 Å². The lowest BCUT2D eigenvalue weighted by Gasteiger charge is -2.10. The van der Waals surface area contributed by atoms with E-state index in [4.69, 9.17) is 39.5 Å². The highest BCUT2D eigenvalue weighted by Crippen LogP contribution is 2.27. The zero-order chi connectivity index (χ0) is 13.8. The Kier molecular flexibility index (Phi) is 4.92. The van der Waals surface area contributed by atoms with Gasteiger partial charge < -0.3 is 4.74 Å².